The average Bonchev–Trinajstić information content (AvgIpc) is 3.16. The van der Waals surface area contributed by atoms with Crippen molar-refractivity contribution in [3.05, 3.63) is 89.0 Å². The molecule has 0 aliphatic rings. The minimum Gasteiger partial charge on any atom is -0.355 e. The van der Waals surface area contributed by atoms with E-state index in [1.165, 1.54) is 6.08 Å². The Labute approximate surface area is 171 Å². The highest BCUT2D eigenvalue weighted by Crippen LogP contribution is 2.29. The molecule has 1 amide bonds. The molecule has 1 heterocycles. The van der Waals surface area contributed by atoms with Crippen molar-refractivity contribution in [2.75, 3.05) is 5.32 Å². The third-order valence-corrected chi connectivity index (χ3v) is 4.53. The SMILES string of the molecule is N#C/C(=C\c1ccc2noc(-c3ccccc3)c2c1)C(=O)Nc1cccc(Cl)c1. The number of nitrogens with zero attached hydrogens (tertiary/aromatic N) is 2. The number of carbonyl (C=O) groups excluding carboxylic acids is 1. The number of nitriles is 1. The van der Waals surface area contributed by atoms with Gasteiger partial charge in [0, 0.05) is 16.3 Å². The molecule has 4 aromatic rings. The van der Waals surface area contributed by atoms with Gasteiger partial charge in [-0.05, 0) is 42.0 Å². The zero-order valence-electron chi connectivity index (χ0n) is 15.1. The molecular formula is C23H14ClN3O2. The highest BCUT2D eigenvalue weighted by atomic mass is 35.5. The Morgan fingerprint density at radius 2 is 1.90 bits per heavy atom. The molecule has 140 valence electrons. The predicted octanol–water partition coefficient (Wildman–Crippen LogP) is 5.69. The summed E-state index contributed by atoms with van der Waals surface area (Å²) in [5.41, 5.74) is 2.78. The largest absolute Gasteiger partial charge is 0.355 e. The number of carbonyl (C=O) groups is 1. The van der Waals surface area contributed by atoms with Crippen LogP contribution in [0.5, 0.6) is 0 Å². The van der Waals surface area contributed by atoms with E-state index < -0.39 is 5.91 Å². The van der Waals surface area contributed by atoms with Gasteiger partial charge in [0.2, 0.25) is 0 Å². The number of rotatable bonds is 4. The third kappa shape index (κ3) is 4.03. The molecule has 4 rings (SSSR count). The number of hydrogen-bond acceptors (Lipinski definition) is 4. The first-order valence-electron chi connectivity index (χ1n) is 8.77. The molecule has 0 spiro atoms. The Bertz CT molecular complexity index is 1270. The Kier molecular flexibility index (Phi) is 5.10. The molecule has 6 heteroatoms. The summed E-state index contributed by atoms with van der Waals surface area (Å²) >= 11 is 5.94. The average molecular weight is 400 g/mol. The topological polar surface area (TPSA) is 78.9 Å². The molecular weight excluding hydrogens is 386 g/mol. The summed E-state index contributed by atoms with van der Waals surface area (Å²) in [5.74, 6) is 0.126. The smallest absolute Gasteiger partial charge is 0.266 e. The first kappa shape index (κ1) is 18.5. The van der Waals surface area contributed by atoms with Crippen LogP contribution in [-0.4, -0.2) is 11.1 Å². The van der Waals surface area contributed by atoms with Crippen LogP contribution in [0, 0.1) is 11.3 Å². The lowest BCUT2D eigenvalue weighted by Crippen LogP contribution is -2.13. The molecule has 1 N–H and O–H groups in total. The van der Waals surface area contributed by atoms with Crippen LogP contribution in [0.2, 0.25) is 5.02 Å². The second kappa shape index (κ2) is 8.01. The lowest BCUT2D eigenvalue weighted by atomic mass is 10.0. The molecule has 0 saturated carbocycles. The Morgan fingerprint density at radius 1 is 1.07 bits per heavy atom. The minimum absolute atomic E-state index is 0.0259. The molecule has 0 aliphatic carbocycles. The van der Waals surface area contributed by atoms with Crippen molar-refractivity contribution < 1.29 is 9.32 Å². The predicted molar refractivity (Wildman–Crippen MR) is 113 cm³/mol. The molecule has 3 aromatic carbocycles. The van der Waals surface area contributed by atoms with Crippen molar-refractivity contribution in [3.63, 3.8) is 0 Å². The summed E-state index contributed by atoms with van der Waals surface area (Å²) in [7, 11) is 0. The number of aromatic nitrogens is 1. The molecule has 0 unspecified atom stereocenters. The number of amides is 1. The van der Waals surface area contributed by atoms with Crippen molar-refractivity contribution in [2.45, 2.75) is 0 Å². The van der Waals surface area contributed by atoms with Gasteiger partial charge in [-0.25, -0.2) is 0 Å². The highest BCUT2D eigenvalue weighted by Gasteiger charge is 2.13. The summed E-state index contributed by atoms with van der Waals surface area (Å²) in [4.78, 5) is 12.5. The number of fused-ring (bicyclic) bond motifs is 1. The Balaban J connectivity index is 1.67. The van der Waals surface area contributed by atoms with E-state index in [2.05, 4.69) is 10.5 Å². The number of nitrogens with one attached hydrogen (secondary N) is 1. The lowest BCUT2D eigenvalue weighted by molar-refractivity contribution is -0.112. The maximum atomic E-state index is 12.5. The second-order valence-electron chi connectivity index (χ2n) is 6.29. The maximum absolute atomic E-state index is 12.5. The van der Waals surface area contributed by atoms with E-state index >= 15 is 0 Å². The summed E-state index contributed by atoms with van der Waals surface area (Å²) in [6, 6.07) is 23.7. The summed E-state index contributed by atoms with van der Waals surface area (Å²) in [5, 5.41) is 17.5. The minimum atomic E-state index is -0.511. The monoisotopic (exact) mass is 399 g/mol. The molecule has 5 nitrogen and oxygen atoms in total. The molecule has 29 heavy (non-hydrogen) atoms. The van der Waals surface area contributed by atoms with Crippen molar-refractivity contribution in [2.24, 2.45) is 0 Å². The fraction of sp³-hybridized carbons (Fsp3) is 0. The van der Waals surface area contributed by atoms with Crippen LogP contribution in [0.25, 0.3) is 28.3 Å². The van der Waals surface area contributed by atoms with Gasteiger partial charge in [-0.2, -0.15) is 5.26 Å². The fourth-order valence-electron chi connectivity index (χ4n) is 2.93. The van der Waals surface area contributed by atoms with Crippen molar-refractivity contribution in [3.8, 4) is 17.4 Å². The van der Waals surface area contributed by atoms with Gasteiger partial charge in [-0.3, -0.25) is 4.79 Å². The van der Waals surface area contributed by atoms with Gasteiger partial charge in [0.1, 0.15) is 17.2 Å². The molecule has 0 radical (unpaired) electrons. The van der Waals surface area contributed by atoms with Crippen LogP contribution >= 0.6 is 11.6 Å². The molecule has 0 aliphatic heterocycles. The van der Waals surface area contributed by atoms with Crippen LogP contribution < -0.4 is 5.32 Å². The Hall–Kier alpha value is -3.88. The Morgan fingerprint density at radius 3 is 2.66 bits per heavy atom. The normalized spacial score (nSPS) is 11.2. The lowest BCUT2D eigenvalue weighted by Gasteiger charge is -2.04. The second-order valence-corrected chi connectivity index (χ2v) is 6.73. The van der Waals surface area contributed by atoms with Crippen molar-refractivity contribution in [1.82, 2.24) is 5.16 Å². The standard InChI is InChI=1S/C23H14ClN3O2/c24-18-7-4-8-19(13-18)26-23(28)17(14-25)11-15-9-10-21-20(12-15)22(29-27-21)16-5-2-1-3-6-16/h1-13H,(H,26,28)/b17-11+. The summed E-state index contributed by atoms with van der Waals surface area (Å²) in [6.45, 7) is 0. The van der Waals surface area contributed by atoms with Gasteiger partial charge in [-0.15, -0.1) is 0 Å². The molecule has 0 bridgehead atoms. The van der Waals surface area contributed by atoms with Crippen LogP contribution in [-0.2, 0) is 4.79 Å². The summed E-state index contributed by atoms with van der Waals surface area (Å²) < 4.78 is 5.50. The van der Waals surface area contributed by atoms with Crippen molar-refractivity contribution >= 4 is 40.2 Å². The number of anilines is 1. The van der Waals surface area contributed by atoms with E-state index in [1.807, 2.05) is 42.5 Å². The quantitative estimate of drug-likeness (QED) is 0.353. The first-order valence-corrected chi connectivity index (χ1v) is 9.15. The van der Waals surface area contributed by atoms with E-state index in [1.54, 1.807) is 36.4 Å². The zero-order valence-corrected chi connectivity index (χ0v) is 15.9. The molecule has 0 atom stereocenters. The van der Waals surface area contributed by atoms with Crippen molar-refractivity contribution in [1.29, 1.82) is 5.26 Å². The zero-order chi connectivity index (χ0) is 20.2. The maximum Gasteiger partial charge on any atom is 0.266 e. The van der Waals surface area contributed by atoms with Gasteiger partial charge in [0.15, 0.2) is 5.76 Å². The van der Waals surface area contributed by atoms with Gasteiger partial charge in [0.25, 0.3) is 5.91 Å². The van der Waals surface area contributed by atoms with Crippen LogP contribution in [0.15, 0.2) is 82.9 Å². The van der Waals surface area contributed by atoms with Gasteiger partial charge < -0.3 is 9.84 Å². The van der Waals surface area contributed by atoms with Gasteiger partial charge in [0.05, 0.1) is 5.39 Å². The summed E-state index contributed by atoms with van der Waals surface area (Å²) in [6.07, 6.45) is 1.53. The van der Waals surface area contributed by atoms with E-state index in [0.29, 0.717) is 27.6 Å². The van der Waals surface area contributed by atoms with Crippen LogP contribution in [0.1, 0.15) is 5.56 Å². The van der Waals surface area contributed by atoms with E-state index in [9.17, 15) is 10.1 Å². The van der Waals surface area contributed by atoms with Crippen LogP contribution in [0.4, 0.5) is 5.69 Å². The molecule has 1 aromatic heterocycles. The molecule has 0 fully saturated rings. The van der Waals surface area contributed by atoms with E-state index in [0.717, 1.165) is 10.9 Å². The van der Waals surface area contributed by atoms with Gasteiger partial charge >= 0.3 is 0 Å². The van der Waals surface area contributed by atoms with Crippen LogP contribution in [0.3, 0.4) is 0 Å². The number of halogens is 1. The molecule has 0 saturated heterocycles. The number of hydrogen-bond donors (Lipinski definition) is 1. The third-order valence-electron chi connectivity index (χ3n) is 4.30. The van der Waals surface area contributed by atoms with Gasteiger partial charge in [-0.1, -0.05) is 59.2 Å². The first-order chi connectivity index (χ1) is 14.1. The fourth-order valence-corrected chi connectivity index (χ4v) is 3.12. The van der Waals surface area contributed by atoms with E-state index in [4.69, 9.17) is 16.1 Å². The number of benzene rings is 3. The van der Waals surface area contributed by atoms with E-state index in [-0.39, 0.29) is 5.57 Å². The highest BCUT2D eigenvalue weighted by molar-refractivity contribution is 6.31.